The average molecular weight is 508 g/mol. The van der Waals surface area contributed by atoms with Gasteiger partial charge in [0.05, 0.1) is 10.6 Å². The van der Waals surface area contributed by atoms with Gasteiger partial charge >= 0.3 is 12.4 Å². The first kappa shape index (κ1) is 25.0. The molecule has 1 heterocycles. The highest BCUT2D eigenvalue weighted by Gasteiger charge is 2.36. The number of halogens is 8. The van der Waals surface area contributed by atoms with Crippen molar-refractivity contribution in [1.82, 2.24) is 15.5 Å². The zero-order valence-corrected chi connectivity index (χ0v) is 17.6. The first-order valence-electron chi connectivity index (χ1n) is 9.17. The molecule has 0 saturated carbocycles. The minimum absolute atomic E-state index is 0.194. The zero-order chi connectivity index (χ0) is 25.3. The Morgan fingerprint density at radius 2 is 1.76 bits per heavy atom. The van der Waals surface area contributed by atoms with Crippen LogP contribution in [0.25, 0.3) is 0 Å². The first-order chi connectivity index (χ1) is 15.8. The van der Waals surface area contributed by atoms with Gasteiger partial charge in [-0.25, -0.2) is 4.39 Å². The van der Waals surface area contributed by atoms with Crippen LogP contribution >= 0.6 is 11.6 Å². The molecule has 0 radical (unpaired) electrons. The molecule has 0 aliphatic carbocycles. The monoisotopic (exact) mass is 507 g/mol. The van der Waals surface area contributed by atoms with Crippen molar-refractivity contribution in [1.29, 1.82) is 0 Å². The molecule has 6 nitrogen and oxygen atoms in total. The maximum absolute atomic E-state index is 13.7. The summed E-state index contributed by atoms with van der Waals surface area (Å²) in [6.45, 7) is 1.06. The van der Waals surface area contributed by atoms with Crippen molar-refractivity contribution in [2.45, 2.75) is 19.3 Å². The van der Waals surface area contributed by atoms with Gasteiger partial charge in [0.1, 0.15) is 11.5 Å². The number of anilines is 1. The second-order valence-corrected chi connectivity index (χ2v) is 7.20. The van der Waals surface area contributed by atoms with Crippen LogP contribution in [0.5, 0.6) is 0 Å². The lowest BCUT2D eigenvalue weighted by atomic mass is 10.2. The summed E-state index contributed by atoms with van der Waals surface area (Å²) in [4.78, 5) is 16.4. The van der Waals surface area contributed by atoms with Crippen LogP contribution in [-0.2, 0) is 12.4 Å². The Kier molecular flexibility index (Phi) is 6.87. The molecule has 3 aromatic rings. The van der Waals surface area contributed by atoms with E-state index in [-0.39, 0.29) is 16.3 Å². The Bertz CT molecular complexity index is 1250. The number of H-pyrrole nitrogens is 1. The number of benzene rings is 2. The van der Waals surface area contributed by atoms with E-state index in [2.05, 4.69) is 20.7 Å². The summed E-state index contributed by atoms with van der Waals surface area (Å²) in [7, 11) is 0. The number of hydrogen-bond acceptors (Lipinski definition) is 3. The van der Waals surface area contributed by atoms with Gasteiger partial charge in [-0.2, -0.15) is 36.4 Å². The zero-order valence-electron chi connectivity index (χ0n) is 16.9. The van der Waals surface area contributed by atoms with Crippen LogP contribution in [0.2, 0.25) is 5.02 Å². The fraction of sp³-hybridized carbons (Fsp3) is 0.150. The lowest BCUT2D eigenvalue weighted by molar-refractivity contribution is -0.141. The number of rotatable bonds is 3. The highest BCUT2D eigenvalue weighted by molar-refractivity contribution is 6.30. The quantitative estimate of drug-likeness (QED) is 0.228. The van der Waals surface area contributed by atoms with Gasteiger partial charge in [0.25, 0.3) is 5.91 Å². The third-order valence-electron chi connectivity index (χ3n) is 4.35. The van der Waals surface area contributed by atoms with Gasteiger partial charge in [0, 0.05) is 16.8 Å². The molecule has 0 unspecified atom stereocenters. The Morgan fingerprint density at radius 1 is 1.06 bits per heavy atom. The lowest BCUT2D eigenvalue weighted by Crippen LogP contribution is -2.36. The number of aromatic nitrogens is 2. The lowest BCUT2D eigenvalue weighted by Gasteiger charge is -2.13. The summed E-state index contributed by atoms with van der Waals surface area (Å²) in [5, 5.41) is 9.54. The fourth-order valence-corrected chi connectivity index (χ4v) is 2.81. The molecule has 180 valence electrons. The molecular formula is C20H13ClF7N5O. The Hall–Kier alpha value is -3.61. The summed E-state index contributed by atoms with van der Waals surface area (Å²) >= 11 is 5.58. The third-order valence-corrected chi connectivity index (χ3v) is 4.66. The number of carbonyl (C=O) groups is 1. The predicted molar refractivity (Wildman–Crippen MR) is 109 cm³/mol. The third kappa shape index (κ3) is 5.84. The molecule has 0 aliphatic heterocycles. The highest BCUT2D eigenvalue weighted by Crippen LogP contribution is 2.34. The molecule has 1 aromatic heterocycles. The summed E-state index contributed by atoms with van der Waals surface area (Å²) < 4.78 is 91.9. The second kappa shape index (κ2) is 9.33. The molecule has 3 N–H and O–H groups in total. The minimum Gasteiger partial charge on any atom is -0.326 e. The molecule has 0 spiro atoms. The van der Waals surface area contributed by atoms with E-state index < -0.39 is 52.7 Å². The molecule has 2 aromatic carbocycles. The molecule has 14 heteroatoms. The number of aliphatic imine (C=N–C) groups is 1. The topological polar surface area (TPSA) is 82.2 Å². The van der Waals surface area contributed by atoms with E-state index in [1.165, 1.54) is 6.07 Å². The van der Waals surface area contributed by atoms with Crippen molar-refractivity contribution in [3.63, 3.8) is 0 Å². The Labute approximate surface area is 191 Å². The summed E-state index contributed by atoms with van der Waals surface area (Å²) in [5.41, 5.74) is -3.09. The van der Waals surface area contributed by atoms with Crippen molar-refractivity contribution in [3.8, 4) is 0 Å². The van der Waals surface area contributed by atoms with Crippen LogP contribution in [0, 0.1) is 12.7 Å². The van der Waals surface area contributed by atoms with Crippen LogP contribution in [0.15, 0.2) is 47.5 Å². The molecule has 0 fully saturated rings. The number of hydrogen-bond donors (Lipinski definition) is 3. The highest BCUT2D eigenvalue weighted by atomic mass is 35.5. The van der Waals surface area contributed by atoms with E-state index in [4.69, 9.17) is 11.6 Å². The molecule has 34 heavy (non-hydrogen) atoms. The number of guanidine groups is 1. The van der Waals surface area contributed by atoms with Crippen molar-refractivity contribution in [2.75, 3.05) is 5.32 Å². The molecule has 3 rings (SSSR count). The van der Waals surface area contributed by atoms with Crippen molar-refractivity contribution in [3.05, 3.63) is 75.7 Å². The number of alkyl halides is 6. The minimum atomic E-state index is -4.77. The molecule has 0 atom stereocenters. The van der Waals surface area contributed by atoms with Gasteiger partial charge in [0.2, 0.25) is 5.96 Å². The van der Waals surface area contributed by atoms with Gasteiger partial charge in [0.15, 0.2) is 5.82 Å². The van der Waals surface area contributed by atoms with Gasteiger partial charge in [-0.15, -0.1) is 0 Å². The van der Waals surface area contributed by atoms with Crippen LogP contribution < -0.4 is 10.6 Å². The van der Waals surface area contributed by atoms with Gasteiger partial charge in [-0.3, -0.25) is 15.2 Å². The van der Waals surface area contributed by atoms with Crippen LogP contribution in [0.4, 0.5) is 42.2 Å². The van der Waals surface area contributed by atoms with E-state index in [1.54, 1.807) is 5.10 Å². The van der Waals surface area contributed by atoms with Gasteiger partial charge < -0.3 is 5.32 Å². The average Bonchev–Trinajstić information content (AvgIpc) is 3.10. The Balaban J connectivity index is 2.00. The molecular weight excluding hydrogens is 495 g/mol. The normalized spacial score (nSPS) is 12.6. The van der Waals surface area contributed by atoms with E-state index in [0.717, 1.165) is 37.3 Å². The standard InChI is InChI=1S/C20H13ClF7N5O/c1-9-15(20(26,27)28)32-33-16(9)30-18(29-12-4-2-3-11(8-12)19(23,24)25)31-17(34)10-5-6-13(21)14(22)7-10/h2-8H,1H3,(H3,29,30,31,32,33,34). The Morgan fingerprint density at radius 3 is 2.35 bits per heavy atom. The number of aromatic amines is 1. The van der Waals surface area contributed by atoms with Crippen molar-refractivity contribution < 1.29 is 35.5 Å². The number of amides is 1. The van der Waals surface area contributed by atoms with Gasteiger partial charge in [-0.05, 0) is 43.3 Å². The molecule has 0 bridgehead atoms. The summed E-state index contributed by atoms with van der Waals surface area (Å²) in [5.74, 6) is -2.96. The number of nitrogens with zero attached hydrogens (tertiary/aromatic N) is 2. The smallest absolute Gasteiger partial charge is 0.326 e. The summed E-state index contributed by atoms with van der Waals surface area (Å²) in [6, 6.07) is 6.81. The largest absolute Gasteiger partial charge is 0.433 e. The van der Waals surface area contributed by atoms with E-state index in [1.807, 2.05) is 0 Å². The van der Waals surface area contributed by atoms with E-state index in [0.29, 0.717) is 6.07 Å². The van der Waals surface area contributed by atoms with Crippen molar-refractivity contribution in [2.24, 2.45) is 4.99 Å². The maximum Gasteiger partial charge on any atom is 0.433 e. The molecule has 0 saturated heterocycles. The van der Waals surface area contributed by atoms with Gasteiger partial charge in [-0.1, -0.05) is 17.7 Å². The van der Waals surface area contributed by atoms with Crippen molar-refractivity contribution >= 4 is 35.0 Å². The molecule has 1 amide bonds. The van der Waals surface area contributed by atoms with Crippen LogP contribution in [0.1, 0.15) is 27.2 Å². The predicted octanol–water partition coefficient (Wildman–Crippen LogP) is 6.08. The maximum atomic E-state index is 13.7. The van der Waals surface area contributed by atoms with E-state index in [9.17, 15) is 35.5 Å². The second-order valence-electron chi connectivity index (χ2n) is 6.79. The first-order valence-corrected chi connectivity index (χ1v) is 9.55. The fourth-order valence-electron chi connectivity index (χ4n) is 2.69. The van der Waals surface area contributed by atoms with Crippen LogP contribution in [-0.4, -0.2) is 22.1 Å². The number of carbonyl (C=O) groups excluding carboxylic acids is 1. The molecule has 0 aliphatic rings. The van der Waals surface area contributed by atoms with Crippen LogP contribution in [0.3, 0.4) is 0 Å². The number of nitrogens with one attached hydrogen (secondary N) is 3. The van der Waals surface area contributed by atoms with E-state index >= 15 is 0 Å². The summed E-state index contributed by atoms with van der Waals surface area (Å²) in [6.07, 6.45) is -9.46. The SMILES string of the molecule is Cc1c(N=C(NC(=O)c2ccc(Cl)c(F)c2)Nc2cccc(C(F)(F)F)c2)n[nH]c1C(F)(F)F.